The number of hydrogen-bond donors (Lipinski definition) is 1. The average molecular weight is 319 g/mol. The molecule has 1 atom stereocenters. The molecule has 1 amide bonds. The first kappa shape index (κ1) is 17.3. The number of nitrogens with zero attached hydrogens (tertiary/aromatic N) is 3. The standard InChI is InChI=1S/C17H25N3O3/c1-13-5-4-6-15(11-13)19-7-9-20(10-8-19)16(21)12-18(3)14(2)17(22)23/h4-6,11,14H,7-10,12H2,1-3H3,(H,22,23). The third-order valence-corrected chi connectivity index (χ3v) is 4.40. The number of rotatable bonds is 5. The van der Waals surface area contributed by atoms with E-state index in [0.717, 1.165) is 13.1 Å². The Morgan fingerprint density at radius 1 is 1.26 bits per heavy atom. The van der Waals surface area contributed by atoms with Crippen LogP contribution >= 0.6 is 0 Å². The Labute approximate surface area is 137 Å². The molecule has 2 rings (SSSR count). The van der Waals surface area contributed by atoms with Crippen LogP contribution in [0.25, 0.3) is 0 Å². The van der Waals surface area contributed by atoms with Gasteiger partial charge in [0.2, 0.25) is 5.91 Å². The maximum Gasteiger partial charge on any atom is 0.320 e. The molecule has 1 aromatic rings. The molecule has 6 nitrogen and oxygen atoms in total. The minimum Gasteiger partial charge on any atom is -0.480 e. The molecule has 23 heavy (non-hydrogen) atoms. The molecular weight excluding hydrogens is 294 g/mol. The molecule has 0 aromatic heterocycles. The monoisotopic (exact) mass is 319 g/mol. The summed E-state index contributed by atoms with van der Waals surface area (Å²) in [7, 11) is 1.67. The fourth-order valence-electron chi connectivity index (χ4n) is 2.68. The van der Waals surface area contributed by atoms with E-state index in [9.17, 15) is 9.59 Å². The summed E-state index contributed by atoms with van der Waals surface area (Å²) in [5.41, 5.74) is 2.42. The maximum atomic E-state index is 12.3. The maximum absolute atomic E-state index is 12.3. The van der Waals surface area contributed by atoms with Crippen LogP contribution in [0.3, 0.4) is 0 Å². The molecule has 1 aliphatic rings. The van der Waals surface area contributed by atoms with Gasteiger partial charge in [-0.1, -0.05) is 12.1 Å². The molecule has 0 radical (unpaired) electrons. The van der Waals surface area contributed by atoms with E-state index in [0.29, 0.717) is 13.1 Å². The lowest BCUT2D eigenvalue weighted by Gasteiger charge is -2.37. The summed E-state index contributed by atoms with van der Waals surface area (Å²) in [5, 5.41) is 8.99. The minimum atomic E-state index is -0.912. The van der Waals surface area contributed by atoms with Crippen molar-refractivity contribution in [1.29, 1.82) is 0 Å². The lowest BCUT2D eigenvalue weighted by molar-refractivity contribution is -0.143. The van der Waals surface area contributed by atoms with Crippen LogP contribution in [0.2, 0.25) is 0 Å². The number of likely N-dealkylation sites (N-methyl/N-ethyl adjacent to an activating group) is 1. The number of hydrogen-bond acceptors (Lipinski definition) is 4. The van der Waals surface area contributed by atoms with E-state index in [-0.39, 0.29) is 12.5 Å². The van der Waals surface area contributed by atoms with Crippen LogP contribution in [0.15, 0.2) is 24.3 Å². The molecule has 1 aromatic carbocycles. The zero-order valence-corrected chi connectivity index (χ0v) is 14.0. The number of benzene rings is 1. The van der Waals surface area contributed by atoms with Crippen LogP contribution < -0.4 is 4.90 Å². The van der Waals surface area contributed by atoms with E-state index in [4.69, 9.17) is 5.11 Å². The number of carbonyl (C=O) groups excluding carboxylic acids is 1. The molecular formula is C17H25N3O3. The molecule has 1 N–H and O–H groups in total. The number of aryl methyl sites for hydroxylation is 1. The van der Waals surface area contributed by atoms with Crippen LogP contribution in [0, 0.1) is 6.92 Å². The highest BCUT2D eigenvalue weighted by Crippen LogP contribution is 2.17. The van der Waals surface area contributed by atoms with Gasteiger partial charge in [-0.15, -0.1) is 0 Å². The van der Waals surface area contributed by atoms with Crippen LogP contribution in [0.4, 0.5) is 5.69 Å². The average Bonchev–Trinajstić information content (AvgIpc) is 2.54. The number of anilines is 1. The van der Waals surface area contributed by atoms with Crippen LogP contribution in [-0.2, 0) is 9.59 Å². The van der Waals surface area contributed by atoms with Gasteiger partial charge >= 0.3 is 5.97 Å². The molecule has 0 aliphatic carbocycles. The number of carboxylic acids is 1. The molecule has 1 heterocycles. The first-order valence-corrected chi connectivity index (χ1v) is 7.91. The highest BCUT2D eigenvalue weighted by molar-refractivity contribution is 5.80. The second-order valence-corrected chi connectivity index (χ2v) is 6.14. The van der Waals surface area contributed by atoms with Crippen molar-refractivity contribution in [1.82, 2.24) is 9.80 Å². The van der Waals surface area contributed by atoms with Crippen molar-refractivity contribution in [2.24, 2.45) is 0 Å². The Balaban J connectivity index is 1.86. The molecule has 0 bridgehead atoms. The summed E-state index contributed by atoms with van der Waals surface area (Å²) in [5.74, 6) is -0.922. The summed E-state index contributed by atoms with van der Waals surface area (Å²) in [6.07, 6.45) is 0. The molecule has 0 saturated carbocycles. The number of carbonyl (C=O) groups is 2. The third kappa shape index (κ3) is 4.45. The lowest BCUT2D eigenvalue weighted by atomic mass is 10.2. The van der Waals surface area contributed by atoms with E-state index in [2.05, 4.69) is 30.0 Å². The molecule has 1 aliphatic heterocycles. The predicted octanol–water partition coefficient (Wildman–Crippen LogP) is 1.05. The van der Waals surface area contributed by atoms with E-state index in [1.54, 1.807) is 18.9 Å². The van der Waals surface area contributed by atoms with Gasteiger partial charge < -0.3 is 14.9 Å². The van der Waals surface area contributed by atoms with E-state index >= 15 is 0 Å². The fraction of sp³-hybridized carbons (Fsp3) is 0.529. The Kier molecular flexibility index (Phi) is 5.60. The molecule has 0 spiro atoms. The zero-order chi connectivity index (χ0) is 17.0. The third-order valence-electron chi connectivity index (χ3n) is 4.40. The van der Waals surface area contributed by atoms with Crippen LogP contribution in [-0.4, -0.2) is 72.6 Å². The van der Waals surface area contributed by atoms with Gasteiger partial charge in [0.15, 0.2) is 0 Å². The lowest BCUT2D eigenvalue weighted by Crippen LogP contribution is -2.52. The zero-order valence-electron chi connectivity index (χ0n) is 14.0. The SMILES string of the molecule is Cc1cccc(N2CCN(C(=O)CN(C)C(C)C(=O)O)CC2)c1. The van der Waals surface area contributed by atoms with Gasteiger partial charge in [-0.25, -0.2) is 0 Å². The summed E-state index contributed by atoms with van der Waals surface area (Å²) >= 11 is 0. The number of amides is 1. The summed E-state index contributed by atoms with van der Waals surface area (Å²) in [6.45, 7) is 6.73. The van der Waals surface area contributed by atoms with Crippen molar-refractivity contribution in [3.8, 4) is 0 Å². The molecule has 126 valence electrons. The summed E-state index contributed by atoms with van der Waals surface area (Å²) in [6, 6.07) is 7.70. The molecule has 1 saturated heterocycles. The van der Waals surface area contributed by atoms with Crippen molar-refractivity contribution in [3.05, 3.63) is 29.8 Å². The normalized spacial score (nSPS) is 16.5. The van der Waals surface area contributed by atoms with Crippen molar-refractivity contribution < 1.29 is 14.7 Å². The van der Waals surface area contributed by atoms with Crippen LogP contribution in [0.1, 0.15) is 12.5 Å². The van der Waals surface area contributed by atoms with E-state index in [1.807, 2.05) is 11.0 Å². The quantitative estimate of drug-likeness (QED) is 0.879. The molecule has 6 heteroatoms. The highest BCUT2D eigenvalue weighted by atomic mass is 16.4. The van der Waals surface area contributed by atoms with Crippen molar-refractivity contribution in [2.75, 3.05) is 44.7 Å². The Morgan fingerprint density at radius 2 is 1.91 bits per heavy atom. The predicted molar refractivity (Wildman–Crippen MR) is 89.7 cm³/mol. The van der Waals surface area contributed by atoms with Crippen molar-refractivity contribution in [2.45, 2.75) is 19.9 Å². The van der Waals surface area contributed by atoms with Gasteiger partial charge in [0.1, 0.15) is 6.04 Å². The number of piperazine rings is 1. The van der Waals surface area contributed by atoms with Crippen LogP contribution in [0.5, 0.6) is 0 Å². The minimum absolute atomic E-state index is 0.00973. The van der Waals surface area contributed by atoms with Gasteiger partial charge in [0.25, 0.3) is 0 Å². The topological polar surface area (TPSA) is 64.1 Å². The smallest absolute Gasteiger partial charge is 0.320 e. The van der Waals surface area contributed by atoms with E-state index < -0.39 is 12.0 Å². The Bertz CT molecular complexity index is 568. The highest BCUT2D eigenvalue weighted by Gasteiger charge is 2.25. The van der Waals surface area contributed by atoms with Crippen molar-refractivity contribution >= 4 is 17.6 Å². The summed E-state index contributed by atoms with van der Waals surface area (Å²) in [4.78, 5) is 28.9. The van der Waals surface area contributed by atoms with Gasteiger partial charge in [0.05, 0.1) is 6.54 Å². The molecule has 1 unspecified atom stereocenters. The van der Waals surface area contributed by atoms with Gasteiger partial charge in [-0.2, -0.15) is 0 Å². The second kappa shape index (κ2) is 7.46. The van der Waals surface area contributed by atoms with Gasteiger partial charge in [-0.05, 0) is 38.6 Å². The Hall–Kier alpha value is -2.08. The fourth-order valence-corrected chi connectivity index (χ4v) is 2.68. The number of aliphatic carboxylic acids is 1. The van der Waals surface area contributed by atoms with Gasteiger partial charge in [0, 0.05) is 31.9 Å². The largest absolute Gasteiger partial charge is 0.480 e. The number of carboxylic acid groups (broad SMARTS) is 1. The first-order valence-electron chi connectivity index (χ1n) is 7.91. The first-order chi connectivity index (χ1) is 10.9. The second-order valence-electron chi connectivity index (χ2n) is 6.14. The van der Waals surface area contributed by atoms with Gasteiger partial charge in [-0.3, -0.25) is 14.5 Å². The van der Waals surface area contributed by atoms with E-state index in [1.165, 1.54) is 11.3 Å². The Morgan fingerprint density at radius 3 is 2.48 bits per heavy atom. The molecule has 1 fully saturated rings. The summed E-state index contributed by atoms with van der Waals surface area (Å²) < 4.78 is 0. The van der Waals surface area contributed by atoms with Crippen molar-refractivity contribution in [3.63, 3.8) is 0 Å².